The van der Waals surface area contributed by atoms with Gasteiger partial charge in [-0.2, -0.15) is 12.6 Å². The highest BCUT2D eigenvalue weighted by Crippen LogP contribution is 1.91. The molecule has 1 atom stereocenters. The molecular weight excluding hydrogens is 176 g/mol. The van der Waals surface area contributed by atoms with Crippen LogP contribution in [0.25, 0.3) is 0 Å². The number of hydrogen-bond donors (Lipinski definition) is 3. The lowest BCUT2D eigenvalue weighted by atomic mass is 10.2. The molecule has 0 aliphatic carbocycles. The van der Waals surface area contributed by atoms with E-state index in [4.69, 9.17) is 5.73 Å². The number of hydrogen-bond acceptors (Lipinski definition) is 3. The van der Waals surface area contributed by atoms with Gasteiger partial charge in [-0.15, -0.1) is 0 Å². The van der Waals surface area contributed by atoms with Crippen molar-refractivity contribution in [2.45, 2.75) is 25.8 Å². The molecule has 3 N–H and O–H groups in total. The fraction of sp³-hybridized carbons (Fsp3) is 0.714. The van der Waals surface area contributed by atoms with Crippen LogP contribution in [-0.2, 0) is 9.59 Å². The standard InChI is InChI=1S/C7H14N2O2S/c1-2-3-6(10)9-5(4-12)7(8)11/h5,12H,2-4H2,1H3,(H2,8,11)(H,9,10)/t5-/m0/s1. The highest BCUT2D eigenvalue weighted by atomic mass is 32.1. The molecule has 5 heteroatoms. The number of primary amides is 1. The lowest BCUT2D eigenvalue weighted by Gasteiger charge is -2.11. The average Bonchev–Trinajstić information content (AvgIpc) is 2.00. The van der Waals surface area contributed by atoms with Gasteiger partial charge in [0.1, 0.15) is 6.04 Å². The Labute approximate surface area is 77.3 Å². The number of nitrogens with one attached hydrogen (secondary N) is 1. The van der Waals surface area contributed by atoms with E-state index in [1.54, 1.807) is 0 Å². The van der Waals surface area contributed by atoms with Gasteiger partial charge in [0.15, 0.2) is 0 Å². The van der Waals surface area contributed by atoms with Gasteiger partial charge in [-0.05, 0) is 6.42 Å². The molecule has 0 spiro atoms. The second-order valence-corrected chi connectivity index (χ2v) is 2.82. The van der Waals surface area contributed by atoms with Crippen LogP contribution < -0.4 is 11.1 Å². The van der Waals surface area contributed by atoms with Crippen molar-refractivity contribution >= 4 is 24.4 Å². The van der Waals surface area contributed by atoms with Crippen LogP contribution in [0, 0.1) is 0 Å². The second-order valence-electron chi connectivity index (χ2n) is 2.46. The summed E-state index contributed by atoms with van der Waals surface area (Å²) >= 11 is 3.88. The zero-order valence-electron chi connectivity index (χ0n) is 7.04. The Hall–Kier alpha value is -0.710. The van der Waals surface area contributed by atoms with Crippen LogP contribution >= 0.6 is 12.6 Å². The fourth-order valence-electron chi connectivity index (χ4n) is 0.700. The van der Waals surface area contributed by atoms with E-state index in [2.05, 4.69) is 17.9 Å². The first kappa shape index (κ1) is 11.3. The van der Waals surface area contributed by atoms with Crippen LogP contribution in [0.1, 0.15) is 19.8 Å². The Morgan fingerprint density at radius 3 is 2.50 bits per heavy atom. The summed E-state index contributed by atoms with van der Waals surface area (Å²) in [5, 5.41) is 2.48. The molecular formula is C7H14N2O2S. The molecule has 0 aromatic rings. The highest BCUT2D eigenvalue weighted by Gasteiger charge is 2.14. The SMILES string of the molecule is CCCC(=O)N[C@@H](CS)C(N)=O. The first-order valence-corrected chi connectivity index (χ1v) is 4.44. The Bertz CT molecular complexity index is 173. The number of carbonyl (C=O) groups is 2. The molecule has 0 rings (SSSR count). The summed E-state index contributed by atoms with van der Waals surface area (Å²) < 4.78 is 0. The minimum Gasteiger partial charge on any atom is -0.368 e. The maximum atomic E-state index is 11.0. The number of carbonyl (C=O) groups excluding carboxylic acids is 2. The molecule has 0 aliphatic heterocycles. The van der Waals surface area contributed by atoms with Crippen molar-refractivity contribution in [3.8, 4) is 0 Å². The minimum atomic E-state index is -0.646. The van der Waals surface area contributed by atoms with Crippen LogP contribution in [0.4, 0.5) is 0 Å². The maximum Gasteiger partial charge on any atom is 0.240 e. The zero-order chi connectivity index (χ0) is 9.56. The first-order chi connectivity index (χ1) is 5.61. The van der Waals surface area contributed by atoms with E-state index < -0.39 is 11.9 Å². The molecule has 0 saturated heterocycles. The summed E-state index contributed by atoms with van der Waals surface area (Å²) in [5.74, 6) is -0.463. The van der Waals surface area contributed by atoms with Gasteiger partial charge in [-0.1, -0.05) is 6.92 Å². The zero-order valence-corrected chi connectivity index (χ0v) is 7.93. The Morgan fingerprint density at radius 1 is 1.58 bits per heavy atom. The van der Waals surface area contributed by atoms with Crippen LogP contribution in [-0.4, -0.2) is 23.6 Å². The van der Waals surface area contributed by atoms with E-state index in [9.17, 15) is 9.59 Å². The highest BCUT2D eigenvalue weighted by molar-refractivity contribution is 7.80. The third-order valence-electron chi connectivity index (χ3n) is 1.34. The molecule has 12 heavy (non-hydrogen) atoms. The number of rotatable bonds is 5. The molecule has 0 saturated carbocycles. The predicted molar refractivity (Wildman–Crippen MR) is 49.9 cm³/mol. The van der Waals surface area contributed by atoms with Crippen molar-refractivity contribution in [2.75, 3.05) is 5.75 Å². The number of amides is 2. The topological polar surface area (TPSA) is 72.2 Å². The molecule has 70 valence electrons. The van der Waals surface area contributed by atoms with E-state index in [0.717, 1.165) is 6.42 Å². The Kier molecular flexibility index (Phi) is 5.53. The van der Waals surface area contributed by atoms with Gasteiger partial charge in [0.05, 0.1) is 0 Å². The third kappa shape index (κ3) is 4.23. The smallest absolute Gasteiger partial charge is 0.240 e. The monoisotopic (exact) mass is 190 g/mol. The molecule has 0 heterocycles. The molecule has 0 fully saturated rings. The van der Waals surface area contributed by atoms with Crippen molar-refractivity contribution in [1.29, 1.82) is 0 Å². The van der Waals surface area contributed by atoms with Crippen molar-refractivity contribution < 1.29 is 9.59 Å². The summed E-state index contributed by atoms with van der Waals surface area (Å²) in [5.41, 5.74) is 4.99. The molecule has 0 radical (unpaired) electrons. The molecule has 0 unspecified atom stereocenters. The lowest BCUT2D eigenvalue weighted by Crippen LogP contribution is -2.45. The van der Waals surface area contributed by atoms with Gasteiger partial charge < -0.3 is 11.1 Å². The normalized spacial score (nSPS) is 12.2. The second kappa shape index (κ2) is 5.88. The summed E-state index contributed by atoms with van der Waals surface area (Å²) in [6.45, 7) is 1.89. The summed E-state index contributed by atoms with van der Waals surface area (Å²) in [4.78, 5) is 21.6. The summed E-state index contributed by atoms with van der Waals surface area (Å²) in [6, 6.07) is -0.646. The largest absolute Gasteiger partial charge is 0.368 e. The number of nitrogens with two attached hydrogens (primary N) is 1. The van der Waals surface area contributed by atoms with Crippen molar-refractivity contribution in [3.63, 3.8) is 0 Å². The maximum absolute atomic E-state index is 11.0. The summed E-state index contributed by atoms with van der Waals surface area (Å²) in [7, 11) is 0. The van der Waals surface area contributed by atoms with Crippen molar-refractivity contribution in [3.05, 3.63) is 0 Å². The third-order valence-corrected chi connectivity index (χ3v) is 1.70. The van der Waals surface area contributed by atoms with Gasteiger partial charge in [0.25, 0.3) is 0 Å². The van der Waals surface area contributed by atoms with Crippen LogP contribution in [0.5, 0.6) is 0 Å². The van der Waals surface area contributed by atoms with E-state index in [1.807, 2.05) is 6.92 Å². The predicted octanol–water partition coefficient (Wildman–Crippen LogP) is -0.314. The van der Waals surface area contributed by atoms with E-state index >= 15 is 0 Å². The molecule has 0 aromatic carbocycles. The fourth-order valence-corrected chi connectivity index (χ4v) is 0.972. The van der Waals surface area contributed by atoms with E-state index in [1.165, 1.54) is 0 Å². The van der Waals surface area contributed by atoms with Gasteiger partial charge >= 0.3 is 0 Å². The molecule has 0 bridgehead atoms. The van der Waals surface area contributed by atoms with Crippen LogP contribution in [0.15, 0.2) is 0 Å². The van der Waals surface area contributed by atoms with Gasteiger partial charge in [-0.25, -0.2) is 0 Å². The average molecular weight is 190 g/mol. The lowest BCUT2D eigenvalue weighted by molar-refractivity contribution is -0.126. The van der Waals surface area contributed by atoms with Crippen LogP contribution in [0.2, 0.25) is 0 Å². The Morgan fingerprint density at radius 2 is 2.17 bits per heavy atom. The minimum absolute atomic E-state index is 0.157. The van der Waals surface area contributed by atoms with E-state index in [-0.39, 0.29) is 11.7 Å². The van der Waals surface area contributed by atoms with Crippen LogP contribution in [0.3, 0.4) is 0 Å². The number of thiol groups is 1. The van der Waals surface area contributed by atoms with Gasteiger partial charge in [-0.3, -0.25) is 9.59 Å². The summed E-state index contributed by atoms with van der Waals surface area (Å²) in [6.07, 6.45) is 1.17. The Balaban J connectivity index is 3.85. The van der Waals surface area contributed by atoms with Crippen molar-refractivity contribution in [2.24, 2.45) is 5.73 Å². The van der Waals surface area contributed by atoms with E-state index in [0.29, 0.717) is 6.42 Å². The van der Waals surface area contributed by atoms with Gasteiger partial charge in [0, 0.05) is 12.2 Å². The van der Waals surface area contributed by atoms with Gasteiger partial charge in [0.2, 0.25) is 11.8 Å². The quantitative estimate of drug-likeness (QED) is 0.520. The molecule has 0 aliphatic rings. The molecule has 0 aromatic heterocycles. The molecule has 2 amide bonds. The van der Waals surface area contributed by atoms with Crippen molar-refractivity contribution in [1.82, 2.24) is 5.32 Å². The molecule has 4 nitrogen and oxygen atoms in total. The first-order valence-electron chi connectivity index (χ1n) is 3.81.